The molecule has 0 bridgehead atoms. The van der Waals surface area contributed by atoms with Crippen molar-refractivity contribution in [1.29, 1.82) is 0 Å². The molecule has 2 amide bonds. The van der Waals surface area contributed by atoms with Gasteiger partial charge in [0, 0.05) is 11.3 Å². The molecule has 0 saturated carbocycles. The van der Waals surface area contributed by atoms with E-state index in [9.17, 15) is 27.2 Å². The van der Waals surface area contributed by atoms with Crippen LogP contribution < -0.4 is 10.6 Å². The third kappa shape index (κ3) is 5.50. The number of carbonyl (C=O) groups is 2. The van der Waals surface area contributed by atoms with E-state index in [1.165, 1.54) is 30.3 Å². The van der Waals surface area contributed by atoms with Crippen LogP contribution in [0, 0.1) is 5.82 Å². The first-order valence-electron chi connectivity index (χ1n) is 8.46. The van der Waals surface area contributed by atoms with E-state index in [1.54, 1.807) is 0 Å². The van der Waals surface area contributed by atoms with Crippen LogP contribution in [0.4, 0.5) is 28.9 Å². The highest BCUT2D eigenvalue weighted by atomic mass is 35.5. The van der Waals surface area contributed by atoms with Crippen LogP contribution in [0.15, 0.2) is 54.6 Å². The van der Waals surface area contributed by atoms with Crippen LogP contribution in [0.2, 0.25) is 10.2 Å². The Kier molecular flexibility index (Phi) is 6.47. The zero-order chi connectivity index (χ0) is 22.8. The Morgan fingerprint density at radius 2 is 1.55 bits per heavy atom. The number of nitrogens with one attached hydrogen (secondary N) is 2. The predicted octanol–water partition coefficient (Wildman–Crippen LogP) is 6.05. The molecule has 0 atom stereocenters. The summed E-state index contributed by atoms with van der Waals surface area (Å²) in [6, 6.07) is 9.86. The van der Waals surface area contributed by atoms with Crippen molar-refractivity contribution in [1.82, 2.24) is 4.98 Å². The average Bonchev–Trinajstić information content (AvgIpc) is 2.70. The molecule has 11 heteroatoms. The van der Waals surface area contributed by atoms with Gasteiger partial charge < -0.3 is 10.6 Å². The number of halogens is 6. The largest absolute Gasteiger partial charge is 0.418 e. The molecule has 3 rings (SSSR count). The number of pyridine rings is 1. The Morgan fingerprint density at radius 1 is 0.871 bits per heavy atom. The van der Waals surface area contributed by atoms with Gasteiger partial charge in [0.25, 0.3) is 11.8 Å². The number of hydrogen-bond acceptors (Lipinski definition) is 3. The zero-order valence-corrected chi connectivity index (χ0v) is 16.7. The number of alkyl halides is 3. The molecule has 0 fully saturated rings. The molecule has 0 radical (unpaired) electrons. The molecule has 31 heavy (non-hydrogen) atoms. The van der Waals surface area contributed by atoms with Crippen LogP contribution in [0.5, 0.6) is 0 Å². The maximum atomic E-state index is 13.6. The number of aromatic nitrogens is 1. The second-order valence-corrected chi connectivity index (χ2v) is 6.93. The highest BCUT2D eigenvalue weighted by Crippen LogP contribution is 2.37. The maximum absolute atomic E-state index is 13.6. The first kappa shape index (κ1) is 22.5. The molecule has 3 aromatic rings. The number of nitrogens with zero attached hydrogens (tertiary/aromatic N) is 1. The molecular weight excluding hydrogens is 461 g/mol. The van der Waals surface area contributed by atoms with Gasteiger partial charge in [-0.25, -0.2) is 9.37 Å². The molecule has 2 aromatic carbocycles. The number of carbonyl (C=O) groups excluding carboxylic acids is 2. The monoisotopic (exact) mass is 471 g/mol. The molecule has 0 aliphatic carbocycles. The van der Waals surface area contributed by atoms with Crippen molar-refractivity contribution in [3.8, 4) is 0 Å². The third-order valence-corrected chi connectivity index (χ3v) is 4.48. The van der Waals surface area contributed by atoms with E-state index in [1.807, 2.05) is 0 Å². The van der Waals surface area contributed by atoms with Crippen LogP contribution in [-0.2, 0) is 6.18 Å². The molecule has 5 nitrogen and oxygen atoms in total. The minimum Gasteiger partial charge on any atom is -0.322 e. The van der Waals surface area contributed by atoms with Gasteiger partial charge in [-0.2, -0.15) is 13.2 Å². The van der Waals surface area contributed by atoms with E-state index in [0.29, 0.717) is 6.07 Å². The van der Waals surface area contributed by atoms with Gasteiger partial charge in [0.05, 0.1) is 16.3 Å². The molecular formula is C20H11Cl2F4N3O2. The summed E-state index contributed by atoms with van der Waals surface area (Å²) in [7, 11) is 0. The molecule has 1 aromatic heterocycles. The molecule has 2 N–H and O–H groups in total. The van der Waals surface area contributed by atoms with E-state index in [4.69, 9.17) is 23.2 Å². The van der Waals surface area contributed by atoms with E-state index in [0.717, 1.165) is 18.2 Å². The van der Waals surface area contributed by atoms with E-state index in [2.05, 4.69) is 15.6 Å². The highest BCUT2D eigenvalue weighted by molar-refractivity contribution is 6.35. The lowest BCUT2D eigenvalue weighted by Gasteiger charge is -2.16. The molecule has 0 unspecified atom stereocenters. The Labute approximate surface area is 183 Å². The average molecular weight is 472 g/mol. The predicted molar refractivity (Wildman–Crippen MR) is 108 cm³/mol. The van der Waals surface area contributed by atoms with Crippen molar-refractivity contribution in [2.45, 2.75) is 6.18 Å². The summed E-state index contributed by atoms with van der Waals surface area (Å²) in [5.41, 5.74) is -2.27. The fourth-order valence-electron chi connectivity index (χ4n) is 2.53. The zero-order valence-electron chi connectivity index (χ0n) is 15.2. The van der Waals surface area contributed by atoms with E-state index in [-0.39, 0.29) is 27.1 Å². The summed E-state index contributed by atoms with van der Waals surface area (Å²) < 4.78 is 53.7. The Balaban J connectivity index is 1.88. The summed E-state index contributed by atoms with van der Waals surface area (Å²) in [5.74, 6) is -2.30. The lowest BCUT2D eigenvalue weighted by molar-refractivity contribution is -0.136. The first-order valence-corrected chi connectivity index (χ1v) is 9.22. The maximum Gasteiger partial charge on any atom is 0.418 e. The van der Waals surface area contributed by atoms with E-state index < -0.39 is 35.1 Å². The Bertz CT molecular complexity index is 1150. The lowest BCUT2D eigenvalue weighted by Crippen LogP contribution is -2.19. The number of amides is 2. The second-order valence-electron chi connectivity index (χ2n) is 6.14. The summed E-state index contributed by atoms with van der Waals surface area (Å²) in [6.45, 7) is 0. The summed E-state index contributed by atoms with van der Waals surface area (Å²) in [6.07, 6.45) is -4.86. The normalized spacial score (nSPS) is 11.2. The topological polar surface area (TPSA) is 71.1 Å². The van der Waals surface area contributed by atoms with Crippen LogP contribution in [-0.4, -0.2) is 16.8 Å². The van der Waals surface area contributed by atoms with Gasteiger partial charge in [0.15, 0.2) is 0 Å². The van der Waals surface area contributed by atoms with Crippen molar-refractivity contribution in [2.75, 3.05) is 10.6 Å². The van der Waals surface area contributed by atoms with Gasteiger partial charge in [-0.15, -0.1) is 0 Å². The molecule has 0 aliphatic heterocycles. The van der Waals surface area contributed by atoms with Crippen molar-refractivity contribution in [2.24, 2.45) is 0 Å². The van der Waals surface area contributed by atoms with Crippen molar-refractivity contribution < 1.29 is 27.2 Å². The van der Waals surface area contributed by atoms with Crippen LogP contribution in [0.25, 0.3) is 0 Å². The minimum absolute atomic E-state index is 0.0500. The van der Waals surface area contributed by atoms with Gasteiger partial charge in [0.2, 0.25) is 0 Å². The van der Waals surface area contributed by atoms with Gasteiger partial charge >= 0.3 is 6.18 Å². The fourth-order valence-corrected chi connectivity index (χ4v) is 2.87. The van der Waals surface area contributed by atoms with Crippen molar-refractivity contribution >= 4 is 46.4 Å². The molecule has 160 valence electrons. The van der Waals surface area contributed by atoms with E-state index >= 15 is 0 Å². The smallest absolute Gasteiger partial charge is 0.322 e. The van der Waals surface area contributed by atoms with Gasteiger partial charge in [0.1, 0.15) is 16.7 Å². The molecule has 0 aliphatic rings. The Morgan fingerprint density at radius 3 is 2.19 bits per heavy atom. The highest BCUT2D eigenvalue weighted by Gasteiger charge is 2.34. The third-order valence-electron chi connectivity index (χ3n) is 3.96. The van der Waals surface area contributed by atoms with Crippen LogP contribution >= 0.6 is 23.2 Å². The van der Waals surface area contributed by atoms with Gasteiger partial charge in [-0.3, -0.25) is 9.59 Å². The van der Waals surface area contributed by atoms with Crippen molar-refractivity contribution in [3.05, 3.63) is 87.4 Å². The summed E-state index contributed by atoms with van der Waals surface area (Å²) >= 11 is 11.6. The van der Waals surface area contributed by atoms with Crippen LogP contribution in [0.1, 0.15) is 26.4 Å². The first-order chi connectivity index (χ1) is 14.5. The molecule has 1 heterocycles. The van der Waals surface area contributed by atoms with Crippen LogP contribution in [0.3, 0.4) is 0 Å². The minimum atomic E-state index is -4.86. The number of hydrogen-bond donors (Lipinski definition) is 2. The second kappa shape index (κ2) is 8.91. The number of benzene rings is 2. The fraction of sp³-hybridized carbons (Fsp3) is 0.0500. The summed E-state index contributed by atoms with van der Waals surface area (Å²) in [5, 5.41) is 4.23. The Hall–Kier alpha value is -3.17. The SMILES string of the molecule is O=C(Nc1ccc(NC(=O)c2nc(Cl)ccc2Cl)c(C(F)(F)F)c1)c1ccc(F)cc1. The lowest BCUT2D eigenvalue weighted by atomic mass is 10.1. The number of anilines is 2. The standard InChI is InChI=1S/C20H11Cl2F4N3O2/c21-14-6-8-16(22)29-17(14)19(31)28-15-7-5-12(9-13(15)20(24,25)26)27-18(30)10-1-3-11(23)4-2-10/h1-9H,(H,27,30)(H,28,31). The quantitative estimate of drug-likeness (QED) is 0.359. The number of rotatable bonds is 4. The molecule has 0 spiro atoms. The van der Waals surface area contributed by atoms with Gasteiger partial charge in [-0.05, 0) is 54.6 Å². The summed E-state index contributed by atoms with van der Waals surface area (Å²) in [4.78, 5) is 28.3. The molecule has 0 saturated heterocycles. The van der Waals surface area contributed by atoms with Crippen molar-refractivity contribution in [3.63, 3.8) is 0 Å². The van der Waals surface area contributed by atoms with Gasteiger partial charge in [-0.1, -0.05) is 23.2 Å².